The first kappa shape index (κ1) is 21.1. The summed E-state index contributed by atoms with van der Waals surface area (Å²) in [6.07, 6.45) is -1.33. The summed E-state index contributed by atoms with van der Waals surface area (Å²) in [5.74, 6) is -1.63. The summed E-state index contributed by atoms with van der Waals surface area (Å²) in [4.78, 5) is 13.2. The number of hydrogen-bond acceptors (Lipinski definition) is 5. The van der Waals surface area contributed by atoms with E-state index in [1.807, 2.05) is 0 Å². The van der Waals surface area contributed by atoms with Crippen molar-refractivity contribution in [2.75, 3.05) is 24.6 Å². The number of β-amino-alcohol motifs (C(OH)–C–C–N with tert-alkyl or cyclic N) is 1. The molecule has 4 rings (SSSR count). The molecule has 1 fully saturated rings. The van der Waals surface area contributed by atoms with Crippen LogP contribution in [0.5, 0.6) is 5.75 Å². The number of benzene rings is 2. The van der Waals surface area contributed by atoms with Gasteiger partial charge < -0.3 is 25.2 Å². The molecule has 0 unspecified atom stereocenters. The van der Waals surface area contributed by atoms with Gasteiger partial charge >= 0.3 is 0 Å². The lowest BCUT2D eigenvalue weighted by atomic mass is 9.89. The highest BCUT2D eigenvalue weighted by Gasteiger charge is 2.43. The van der Waals surface area contributed by atoms with Gasteiger partial charge in [-0.2, -0.15) is 0 Å². The number of aliphatic hydroxyl groups excluding tert-OH is 1. The highest BCUT2D eigenvalue weighted by molar-refractivity contribution is 6.34. The smallest absolute Gasteiger partial charge is 0.253 e. The Bertz CT molecular complexity index is 1000. The number of aliphatic hydroxyl groups is 2. The Labute approximate surface area is 181 Å². The minimum Gasteiger partial charge on any atom is -0.490 e. The number of carbonyl (C=O) groups is 1. The van der Waals surface area contributed by atoms with Crippen molar-refractivity contribution >= 4 is 34.8 Å². The Morgan fingerprint density at radius 1 is 1.27 bits per heavy atom. The van der Waals surface area contributed by atoms with E-state index in [-0.39, 0.29) is 49.3 Å². The van der Waals surface area contributed by atoms with E-state index in [4.69, 9.17) is 27.9 Å². The molecule has 0 aliphatic carbocycles. The molecule has 2 heterocycles. The summed E-state index contributed by atoms with van der Waals surface area (Å²) in [7, 11) is 0. The summed E-state index contributed by atoms with van der Waals surface area (Å²) in [5, 5.41) is 24.3. The summed E-state index contributed by atoms with van der Waals surface area (Å²) in [5.41, 5.74) is -1.04. The molecule has 0 aromatic heterocycles. The van der Waals surface area contributed by atoms with Crippen LogP contribution >= 0.6 is 23.2 Å². The Morgan fingerprint density at radius 2 is 1.97 bits per heavy atom. The van der Waals surface area contributed by atoms with E-state index in [0.717, 1.165) is 12.1 Å². The quantitative estimate of drug-likeness (QED) is 0.656. The van der Waals surface area contributed by atoms with Gasteiger partial charge in [0.05, 0.1) is 10.6 Å². The maximum atomic E-state index is 14.2. The number of fused-ring (bicyclic) bond motifs is 1. The van der Waals surface area contributed by atoms with Crippen LogP contribution in [0.25, 0.3) is 0 Å². The molecule has 2 aromatic carbocycles. The molecule has 2 aliphatic rings. The number of anilines is 1. The van der Waals surface area contributed by atoms with Gasteiger partial charge in [-0.25, -0.2) is 8.78 Å². The Hall–Kier alpha value is -2.13. The lowest BCUT2D eigenvalue weighted by Crippen LogP contribution is -2.58. The molecule has 30 heavy (non-hydrogen) atoms. The third-order valence-corrected chi connectivity index (χ3v) is 6.01. The lowest BCUT2D eigenvalue weighted by Gasteiger charge is -2.42. The van der Waals surface area contributed by atoms with Crippen LogP contribution in [-0.2, 0) is 6.54 Å². The molecule has 2 atom stereocenters. The van der Waals surface area contributed by atoms with E-state index in [2.05, 4.69) is 5.32 Å². The van der Waals surface area contributed by atoms with Gasteiger partial charge in [0, 0.05) is 30.2 Å². The van der Waals surface area contributed by atoms with Crippen molar-refractivity contribution in [3.05, 3.63) is 57.1 Å². The molecule has 1 amide bonds. The number of carbonyl (C=O) groups excluding carboxylic acids is 1. The molecular weight excluding hydrogens is 441 g/mol. The molecule has 0 spiro atoms. The molecule has 6 nitrogen and oxygen atoms in total. The van der Waals surface area contributed by atoms with Crippen LogP contribution in [0.3, 0.4) is 0 Å². The van der Waals surface area contributed by atoms with Crippen LogP contribution in [0.15, 0.2) is 24.3 Å². The summed E-state index contributed by atoms with van der Waals surface area (Å²) in [6, 6.07) is 5.10. The van der Waals surface area contributed by atoms with Gasteiger partial charge in [-0.05, 0) is 30.7 Å². The van der Waals surface area contributed by atoms with Gasteiger partial charge in [-0.3, -0.25) is 4.79 Å². The van der Waals surface area contributed by atoms with Crippen molar-refractivity contribution in [2.24, 2.45) is 0 Å². The molecule has 2 aliphatic heterocycles. The van der Waals surface area contributed by atoms with E-state index in [1.54, 1.807) is 6.07 Å². The third-order valence-electron chi connectivity index (χ3n) is 5.48. The second kappa shape index (κ2) is 7.85. The molecule has 0 bridgehead atoms. The molecule has 0 saturated carbocycles. The Kier molecular flexibility index (Phi) is 5.52. The van der Waals surface area contributed by atoms with Crippen molar-refractivity contribution in [1.29, 1.82) is 0 Å². The van der Waals surface area contributed by atoms with Gasteiger partial charge in [-0.1, -0.05) is 23.2 Å². The average Bonchev–Trinajstić information content (AvgIpc) is 3.06. The molecule has 10 heteroatoms. The van der Waals surface area contributed by atoms with E-state index in [1.165, 1.54) is 11.0 Å². The first-order valence-electron chi connectivity index (χ1n) is 9.22. The minimum atomic E-state index is -1.64. The summed E-state index contributed by atoms with van der Waals surface area (Å²) >= 11 is 11.7. The zero-order chi connectivity index (χ0) is 21.6. The fourth-order valence-electron chi connectivity index (χ4n) is 3.79. The highest BCUT2D eigenvalue weighted by Crippen LogP contribution is 2.35. The van der Waals surface area contributed by atoms with E-state index in [0.29, 0.717) is 21.9 Å². The van der Waals surface area contributed by atoms with Gasteiger partial charge in [0.1, 0.15) is 29.7 Å². The maximum absolute atomic E-state index is 14.2. The number of piperidine rings is 1. The number of halogens is 4. The zero-order valence-corrected chi connectivity index (χ0v) is 17.1. The number of nitrogens with zero attached hydrogens (tertiary/aromatic N) is 1. The van der Waals surface area contributed by atoms with Gasteiger partial charge in [0.15, 0.2) is 11.6 Å². The van der Waals surface area contributed by atoms with Gasteiger partial charge in [-0.15, -0.1) is 0 Å². The van der Waals surface area contributed by atoms with Crippen LogP contribution in [0.1, 0.15) is 22.3 Å². The molecular formula is C20H18Cl2F2N2O4. The van der Waals surface area contributed by atoms with Gasteiger partial charge in [0.25, 0.3) is 5.91 Å². The molecule has 160 valence electrons. The van der Waals surface area contributed by atoms with Crippen LogP contribution in [-0.4, -0.2) is 47.5 Å². The van der Waals surface area contributed by atoms with E-state index < -0.39 is 23.3 Å². The van der Waals surface area contributed by atoms with Gasteiger partial charge in [0.2, 0.25) is 0 Å². The standard InChI is InChI=1S/C20H18Cl2F2N2O4/c21-10-5-13(23)18(14(24)6-10)26-4-3-20(29,16(27)8-26)9-30-15-2-1-12(22)17-11(15)7-25-19(17)28/h1-2,5-6,16,27,29H,3-4,7-9H2,(H,25,28)/t16-,20-/m1/s1. The minimum absolute atomic E-state index is 0.00261. The van der Waals surface area contributed by atoms with Crippen LogP contribution in [0, 0.1) is 11.6 Å². The van der Waals surface area contributed by atoms with Crippen molar-refractivity contribution < 1.29 is 28.5 Å². The maximum Gasteiger partial charge on any atom is 0.253 e. The monoisotopic (exact) mass is 458 g/mol. The molecule has 0 radical (unpaired) electrons. The number of rotatable bonds is 4. The molecule has 2 aromatic rings. The normalized spacial score (nSPS) is 23.3. The fourth-order valence-corrected chi connectivity index (χ4v) is 4.24. The first-order valence-corrected chi connectivity index (χ1v) is 9.97. The van der Waals surface area contributed by atoms with E-state index in [9.17, 15) is 23.8 Å². The third kappa shape index (κ3) is 3.69. The van der Waals surface area contributed by atoms with Crippen molar-refractivity contribution in [3.63, 3.8) is 0 Å². The largest absolute Gasteiger partial charge is 0.490 e. The van der Waals surface area contributed by atoms with Crippen molar-refractivity contribution in [1.82, 2.24) is 5.32 Å². The second-order valence-corrected chi connectivity index (χ2v) is 8.25. The van der Waals surface area contributed by atoms with Crippen molar-refractivity contribution in [2.45, 2.75) is 24.7 Å². The number of nitrogens with one attached hydrogen (secondary N) is 1. The number of ether oxygens (including phenoxy) is 1. The van der Waals surface area contributed by atoms with Crippen molar-refractivity contribution in [3.8, 4) is 5.75 Å². The predicted octanol–water partition coefficient (Wildman–Crippen LogP) is 2.90. The topological polar surface area (TPSA) is 82.0 Å². The fraction of sp³-hybridized carbons (Fsp3) is 0.350. The highest BCUT2D eigenvalue weighted by atomic mass is 35.5. The molecule has 1 saturated heterocycles. The van der Waals surface area contributed by atoms with Crippen LogP contribution in [0.2, 0.25) is 10.0 Å². The first-order chi connectivity index (χ1) is 14.2. The summed E-state index contributed by atoms with van der Waals surface area (Å²) in [6.45, 7) is -0.136. The molecule has 3 N–H and O–H groups in total. The second-order valence-electron chi connectivity index (χ2n) is 7.40. The SMILES string of the molecule is O=C1NCc2c(OC[C@]3(O)CCN(c4c(F)cc(Cl)cc4F)C[C@H]3O)ccc(Cl)c21. The Morgan fingerprint density at radius 3 is 2.63 bits per heavy atom. The van der Waals surface area contributed by atoms with Crippen LogP contribution in [0.4, 0.5) is 14.5 Å². The number of amides is 1. The number of hydrogen-bond donors (Lipinski definition) is 3. The van der Waals surface area contributed by atoms with E-state index >= 15 is 0 Å². The zero-order valence-electron chi connectivity index (χ0n) is 15.6. The Balaban J connectivity index is 1.48. The lowest BCUT2D eigenvalue weighted by molar-refractivity contribution is -0.109. The predicted molar refractivity (Wildman–Crippen MR) is 107 cm³/mol. The average molecular weight is 459 g/mol. The summed E-state index contributed by atoms with van der Waals surface area (Å²) < 4.78 is 34.1. The van der Waals surface area contributed by atoms with Crippen LogP contribution < -0.4 is 15.0 Å².